The number of amides is 1. The van der Waals surface area contributed by atoms with Crippen molar-refractivity contribution in [2.75, 3.05) is 5.32 Å². The minimum absolute atomic E-state index is 0.134. The molecule has 0 aliphatic heterocycles. The highest BCUT2D eigenvalue weighted by atomic mass is 79.9. The third-order valence-corrected chi connectivity index (χ3v) is 3.92. The average molecular weight is 329 g/mol. The first-order chi connectivity index (χ1) is 8.66. The van der Waals surface area contributed by atoms with Crippen LogP contribution in [0.4, 0.5) is 5.69 Å². The Morgan fingerprint density at radius 1 is 1.42 bits per heavy atom. The lowest BCUT2D eigenvalue weighted by Crippen LogP contribution is -2.32. The highest BCUT2D eigenvalue weighted by molar-refractivity contribution is 9.10. The average Bonchev–Trinajstić information content (AvgIpc) is 2.32. The van der Waals surface area contributed by atoms with E-state index in [0.717, 1.165) is 6.54 Å². The molecule has 1 aromatic heterocycles. The van der Waals surface area contributed by atoms with Gasteiger partial charge in [-0.1, -0.05) is 27.7 Å². The summed E-state index contributed by atoms with van der Waals surface area (Å²) < 4.78 is 2.30. The van der Waals surface area contributed by atoms with Gasteiger partial charge in [0.2, 0.25) is 11.3 Å². The molecule has 0 aliphatic rings. The van der Waals surface area contributed by atoms with E-state index in [2.05, 4.69) is 21.2 Å². The smallest absolute Gasteiger partial charge is 0.227 e. The van der Waals surface area contributed by atoms with Crippen molar-refractivity contribution >= 4 is 27.5 Å². The van der Waals surface area contributed by atoms with Crippen molar-refractivity contribution in [3.63, 3.8) is 0 Å². The van der Waals surface area contributed by atoms with Crippen molar-refractivity contribution < 1.29 is 4.79 Å². The van der Waals surface area contributed by atoms with E-state index in [-0.39, 0.29) is 22.7 Å². The molecule has 0 fully saturated rings. The van der Waals surface area contributed by atoms with E-state index in [4.69, 9.17) is 0 Å². The maximum absolute atomic E-state index is 12.1. The third-order valence-electron chi connectivity index (χ3n) is 3.35. The first-order valence-corrected chi connectivity index (χ1v) is 7.16. The number of carbonyl (C=O) groups excluding carboxylic acids is 1. The van der Waals surface area contributed by atoms with Crippen LogP contribution in [0.3, 0.4) is 0 Å². The molecule has 1 atom stereocenters. The molecule has 0 aliphatic carbocycles. The number of nitrogens with zero attached hydrogens (tertiary/aromatic N) is 1. The van der Waals surface area contributed by atoms with Crippen molar-refractivity contribution in [1.82, 2.24) is 4.57 Å². The Balaban J connectivity index is 3.03. The van der Waals surface area contributed by atoms with Crippen LogP contribution in [0.15, 0.2) is 21.7 Å². The van der Waals surface area contributed by atoms with Gasteiger partial charge in [0.15, 0.2) is 0 Å². The fourth-order valence-corrected chi connectivity index (χ4v) is 1.98. The van der Waals surface area contributed by atoms with E-state index in [9.17, 15) is 9.59 Å². The SMILES string of the molecule is CCn1cc(Br)c(=O)c(NC(=O)C(C)C(C)(C)C)c1. The second kappa shape index (κ2) is 5.90. The van der Waals surface area contributed by atoms with Crippen molar-refractivity contribution in [3.05, 3.63) is 27.1 Å². The normalized spacial score (nSPS) is 13.2. The van der Waals surface area contributed by atoms with Crippen LogP contribution >= 0.6 is 15.9 Å². The minimum atomic E-state index is -0.195. The molecule has 4 nitrogen and oxygen atoms in total. The fourth-order valence-electron chi connectivity index (χ4n) is 1.50. The summed E-state index contributed by atoms with van der Waals surface area (Å²) in [6.07, 6.45) is 3.38. The van der Waals surface area contributed by atoms with Gasteiger partial charge in [0.05, 0.1) is 4.47 Å². The number of aryl methyl sites for hydroxylation is 1. The number of rotatable bonds is 3. The van der Waals surface area contributed by atoms with Gasteiger partial charge >= 0.3 is 0 Å². The number of carbonyl (C=O) groups is 1. The Morgan fingerprint density at radius 2 is 2.00 bits per heavy atom. The van der Waals surface area contributed by atoms with E-state index in [0.29, 0.717) is 10.2 Å². The highest BCUT2D eigenvalue weighted by Crippen LogP contribution is 2.26. The van der Waals surface area contributed by atoms with E-state index in [1.807, 2.05) is 39.2 Å². The molecule has 1 N–H and O–H groups in total. The van der Waals surface area contributed by atoms with Crippen molar-refractivity contribution in [2.45, 2.75) is 41.2 Å². The van der Waals surface area contributed by atoms with E-state index in [1.165, 1.54) is 0 Å². The number of anilines is 1. The molecule has 106 valence electrons. The van der Waals surface area contributed by atoms with Crippen molar-refractivity contribution in [1.29, 1.82) is 0 Å². The van der Waals surface area contributed by atoms with Crippen LogP contribution in [0.2, 0.25) is 0 Å². The Morgan fingerprint density at radius 3 is 2.47 bits per heavy atom. The summed E-state index contributed by atoms with van der Waals surface area (Å²) in [6.45, 7) is 10.6. The molecule has 0 aromatic carbocycles. The molecule has 1 heterocycles. The lowest BCUT2D eigenvalue weighted by atomic mass is 9.81. The standard InChI is InChI=1S/C14H21BrN2O2/c1-6-17-7-10(15)12(18)11(8-17)16-13(19)9(2)14(3,4)5/h7-9H,6H2,1-5H3,(H,16,19). The van der Waals surface area contributed by atoms with Crippen LogP contribution in [-0.2, 0) is 11.3 Å². The van der Waals surface area contributed by atoms with Gasteiger partial charge in [-0.15, -0.1) is 0 Å². The zero-order chi connectivity index (χ0) is 14.8. The van der Waals surface area contributed by atoms with Gasteiger partial charge in [0.25, 0.3) is 0 Å². The molecular weight excluding hydrogens is 308 g/mol. The van der Waals surface area contributed by atoms with Crippen LogP contribution in [-0.4, -0.2) is 10.5 Å². The first-order valence-electron chi connectivity index (χ1n) is 6.37. The molecule has 0 spiro atoms. The monoisotopic (exact) mass is 328 g/mol. The number of aromatic nitrogens is 1. The van der Waals surface area contributed by atoms with Crippen molar-refractivity contribution in [2.24, 2.45) is 11.3 Å². The Kier molecular flexibility index (Phi) is 4.96. The van der Waals surface area contributed by atoms with Gasteiger partial charge in [-0.2, -0.15) is 0 Å². The topological polar surface area (TPSA) is 51.1 Å². The summed E-state index contributed by atoms with van der Waals surface area (Å²) in [7, 11) is 0. The van der Waals surface area contributed by atoms with Crippen LogP contribution in [0.25, 0.3) is 0 Å². The van der Waals surface area contributed by atoms with Gasteiger partial charge in [-0.05, 0) is 28.3 Å². The van der Waals surface area contributed by atoms with Crippen LogP contribution in [0.5, 0.6) is 0 Å². The van der Waals surface area contributed by atoms with Crippen LogP contribution < -0.4 is 10.7 Å². The zero-order valence-electron chi connectivity index (χ0n) is 12.1. The zero-order valence-corrected chi connectivity index (χ0v) is 13.7. The summed E-state index contributed by atoms with van der Waals surface area (Å²) in [5.41, 5.74) is -0.0173. The molecule has 0 saturated heterocycles. The van der Waals surface area contributed by atoms with E-state index >= 15 is 0 Å². The van der Waals surface area contributed by atoms with Gasteiger partial charge in [0, 0.05) is 24.9 Å². The van der Waals surface area contributed by atoms with Crippen LogP contribution in [0, 0.1) is 11.3 Å². The maximum Gasteiger partial charge on any atom is 0.227 e. The summed E-state index contributed by atoms with van der Waals surface area (Å²) in [6, 6.07) is 0. The third kappa shape index (κ3) is 3.93. The largest absolute Gasteiger partial charge is 0.351 e. The summed E-state index contributed by atoms with van der Waals surface area (Å²) in [5.74, 6) is -0.314. The number of hydrogen-bond donors (Lipinski definition) is 1. The summed E-state index contributed by atoms with van der Waals surface area (Å²) >= 11 is 3.22. The number of nitrogens with one attached hydrogen (secondary N) is 1. The molecular formula is C14H21BrN2O2. The van der Waals surface area contributed by atoms with Crippen LogP contribution in [0.1, 0.15) is 34.6 Å². The first kappa shape index (κ1) is 16.0. The predicted molar refractivity (Wildman–Crippen MR) is 81.3 cm³/mol. The molecule has 19 heavy (non-hydrogen) atoms. The quantitative estimate of drug-likeness (QED) is 0.925. The molecule has 1 amide bonds. The summed E-state index contributed by atoms with van der Waals surface area (Å²) in [5, 5.41) is 2.73. The molecule has 0 radical (unpaired) electrons. The van der Waals surface area contributed by atoms with Gasteiger partial charge in [0.1, 0.15) is 5.69 Å². The molecule has 0 saturated carbocycles. The number of halogens is 1. The molecule has 5 heteroatoms. The summed E-state index contributed by atoms with van der Waals surface area (Å²) in [4.78, 5) is 24.1. The highest BCUT2D eigenvalue weighted by Gasteiger charge is 2.27. The van der Waals surface area contributed by atoms with Gasteiger partial charge in [-0.3, -0.25) is 9.59 Å². The molecule has 1 aromatic rings. The fraction of sp³-hybridized carbons (Fsp3) is 0.571. The number of hydrogen-bond acceptors (Lipinski definition) is 2. The van der Waals surface area contributed by atoms with Gasteiger partial charge in [-0.25, -0.2) is 0 Å². The second-order valence-electron chi connectivity index (χ2n) is 5.76. The molecule has 1 unspecified atom stereocenters. The Hall–Kier alpha value is -1.10. The van der Waals surface area contributed by atoms with E-state index < -0.39 is 0 Å². The van der Waals surface area contributed by atoms with E-state index in [1.54, 1.807) is 12.4 Å². The Bertz CT molecular complexity index is 529. The van der Waals surface area contributed by atoms with Gasteiger partial charge < -0.3 is 9.88 Å². The maximum atomic E-state index is 12.1. The second-order valence-corrected chi connectivity index (χ2v) is 6.61. The van der Waals surface area contributed by atoms with Crippen molar-refractivity contribution in [3.8, 4) is 0 Å². The lowest BCUT2D eigenvalue weighted by molar-refractivity contribution is -0.122. The number of pyridine rings is 1. The molecule has 0 bridgehead atoms. The molecule has 1 rings (SSSR count). The lowest BCUT2D eigenvalue weighted by Gasteiger charge is -2.26. The Labute approximate surface area is 122 Å². The minimum Gasteiger partial charge on any atom is -0.351 e. The predicted octanol–water partition coefficient (Wildman–Crippen LogP) is 3.25.